The van der Waals surface area contributed by atoms with E-state index >= 15 is 0 Å². The zero-order valence-corrected chi connectivity index (χ0v) is 19.9. The maximum atomic E-state index is 5.58. The van der Waals surface area contributed by atoms with Gasteiger partial charge in [0.05, 0.1) is 0 Å². The van der Waals surface area contributed by atoms with Crippen molar-refractivity contribution in [2.75, 3.05) is 10.5 Å². The van der Waals surface area contributed by atoms with Gasteiger partial charge in [-0.3, -0.25) is 0 Å². The third-order valence-corrected chi connectivity index (χ3v) is 9.20. The number of benzene rings is 1. The first kappa shape index (κ1) is 23.8. The zero-order chi connectivity index (χ0) is 16.7. The second-order valence-corrected chi connectivity index (χ2v) is 10.8. The van der Waals surface area contributed by atoms with Crippen molar-refractivity contribution < 1.29 is 25.4 Å². The van der Waals surface area contributed by atoms with Gasteiger partial charge < -0.3 is 0 Å². The van der Waals surface area contributed by atoms with E-state index in [1.165, 1.54) is 16.8 Å². The van der Waals surface area contributed by atoms with Gasteiger partial charge in [0.15, 0.2) is 0 Å². The summed E-state index contributed by atoms with van der Waals surface area (Å²) in [6, 6.07) is 8.28. The van der Waals surface area contributed by atoms with Crippen molar-refractivity contribution in [3.8, 4) is 5.75 Å². The van der Waals surface area contributed by atoms with Crippen LogP contribution in [0.15, 0.2) is 46.7 Å². The van der Waals surface area contributed by atoms with E-state index in [4.69, 9.17) is 4.74 Å². The molecule has 0 spiro atoms. The number of hydrogen-bond donors (Lipinski definition) is 0. The van der Waals surface area contributed by atoms with Crippen molar-refractivity contribution in [3.05, 3.63) is 46.7 Å². The number of nitrogens with zero attached hydrogens (tertiary/aromatic N) is 1. The number of methoxy groups -OCH3 is 1. The first-order chi connectivity index (χ1) is 10.3. The second-order valence-electron chi connectivity index (χ2n) is 6.59. The summed E-state index contributed by atoms with van der Waals surface area (Å²) in [6.07, 6.45) is 0. The Kier molecular flexibility index (Phi) is 8.88. The number of para-hydroxylation sites is 2. The molecule has 2 nitrogen and oxygen atoms in total. The quantitative estimate of drug-likeness (QED) is 0.581. The van der Waals surface area contributed by atoms with E-state index in [1.54, 1.807) is 12.7 Å². The third-order valence-electron chi connectivity index (χ3n) is 5.46. The molecule has 1 unspecified atom stereocenters. The van der Waals surface area contributed by atoms with Crippen molar-refractivity contribution in [1.82, 2.24) is 0 Å². The number of ether oxygens (including phenoxy) is 1. The Morgan fingerprint density at radius 2 is 1.58 bits per heavy atom. The van der Waals surface area contributed by atoms with E-state index < -0.39 is 8.80 Å². The van der Waals surface area contributed by atoms with Gasteiger partial charge in [0.2, 0.25) is 0 Å². The molecule has 1 aromatic rings. The second kappa shape index (κ2) is 8.96. The van der Waals surface area contributed by atoms with E-state index in [-0.39, 0.29) is 29.9 Å². The molecule has 2 rings (SSSR count). The summed E-state index contributed by atoms with van der Waals surface area (Å²) >= 11 is 2.18. The van der Waals surface area contributed by atoms with E-state index in [2.05, 4.69) is 77.0 Å². The minimum atomic E-state index is -0.933. The average Bonchev–Trinajstić information content (AvgIpc) is 2.68. The molecule has 24 heavy (non-hydrogen) atoms. The van der Waals surface area contributed by atoms with Crippen LogP contribution in [0, 0.1) is 0 Å². The van der Waals surface area contributed by atoms with Crippen LogP contribution >= 0.6 is 24.8 Å². The fourth-order valence-corrected chi connectivity index (χ4v) is 6.55. The zero-order valence-electron chi connectivity index (χ0n) is 15.6. The predicted molar refractivity (Wildman–Crippen MR) is 108 cm³/mol. The molecule has 0 fully saturated rings. The molecule has 0 radical (unpaired) electrons. The Bertz CT molecular complexity index is 660. The molecule has 0 N–H and O–H groups in total. The fourth-order valence-electron chi connectivity index (χ4n) is 3.46. The van der Waals surface area contributed by atoms with Gasteiger partial charge in [-0.05, 0) is 0 Å². The van der Waals surface area contributed by atoms with E-state index in [9.17, 15) is 0 Å². The van der Waals surface area contributed by atoms with Crippen LogP contribution in [-0.2, 0) is 20.7 Å². The smallest absolute Gasteiger partial charge is 0.147 e. The molecule has 1 atom stereocenters. The number of halogens is 2. The largest absolute Gasteiger partial charge is 0.147 e. The molecule has 6 heteroatoms. The Hall–Kier alpha value is -0.189. The summed E-state index contributed by atoms with van der Waals surface area (Å²) < 4.78 is 7.93. The maximum absolute atomic E-state index is 5.58. The average molecular weight is 421 g/mol. The number of hydrogen-bond acceptors (Lipinski definition) is 2. The van der Waals surface area contributed by atoms with Crippen LogP contribution in [0.5, 0.6) is 5.75 Å². The van der Waals surface area contributed by atoms with Crippen molar-refractivity contribution in [2.45, 2.75) is 45.8 Å². The molecular weight excluding hydrogens is 393 g/mol. The molecule has 0 amide bonds. The monoisotopic (exact) mass is 420 g/mol. The Balaban J connectivity index is 0.00000264. The van der Waals surface area contributed by atoms with Gasteiger partial charge in [-0.1, -0.05) is 0 Å². The molecular formula is C18H28Cl2NOSiTi. The Morgan fingerprint density at radius 1 is 1.04 bits per heavy atom. The van der Waals surface area contributed by atoms with Crippen LogP contribution in [-0.4, -0.2) is 15.9 Å². The molecule has 0 heterocycles. The van der Waals surface area contributed by atoms with Crippen LogP contribution in [0.2, 0.25) is 18.1 Å². The number of anilines is 1. The van der Waals surface area contributed by atoms with Gasteiger partial charge in [-0.25, -0.2) is 0 Å². The third kappa shape index (κ3) is 3.66. The summed E-state index contributed by atoms with van der Waals surface area (Å²) in [5.74, 6) is 0.931. The van der Waals surface area contributed by atoms with Gasteiger partial charge >= 0.3 is 149 Å². The molecule has 1 aromatic carbocycles. The summed E-state index contributed by atoms with van der Waals surface area (Å²) in [5.41, 5.74) is 7.02. The van der Waals surface area contributed by atoms with Crippen LogP contribution < -0.4 is 8.12 Å². The Labute approximate surface area is 172 Å². The maximum Gasteiger partial charge on any atom is -0.147 e. The van der Waals surface area contributed by atoms with Crippen LogP contribution in [0.3, 0.4) is 0 Å². The topological polar surface area (TPSA) is 12.5 Å². The molecule has 1 aliphatic rings. The first-order valence-electron chi connectivity index (χ1n) is 7.80. The number of rotatable bonds is 4. The summed E-state index contributed by atoms with van der Waals surface area (Å²) in [5, 5.41) is 0.198. The fraction of sp³-hybridized carbons (Fsp3) is 0.444. The molecule has 0 saturated heterocycles. The summed E-state index contributed by atoms with van der Waals surface area (Å²) in [6.45, 7) is 14.2. The van der Waals surface area contributed by atoms with Crippen LogP contribution in [0.1, 0.15) is 27.7 Å². The first-order valence-corrected chi connectivity index (χ1v) is 11.4. The van der Waals surface area contributed by atoms with E-state index in [0.29, 0.717) is 0 Å². The van der Waals surface area contributed by atoms with Crippen LogP contribution in [0.4, 0.5) is 5.69 Å². The molecule has 0 saturated carbocycles. The van der Waals surface area contributed by atoms with Gasteiger partial charge in [-0.2, -0.15) is 0 Å². The summed E-state index contributed by atoms with van der Waals surface area (Å²) in [7, 11) is 0.811. The minimum absolute atomic E-state index is 0. The van der Waals surface area contributed by atoms with Crippen molar-refractivity contribution >= 4 is 39.3 Å². The van der Waals surface area contributed by atoms with Crippen LogP contribution in [0.25, 0.3) is 0 Å². The molecule has 0 aliphatic heterocycles. The summed E-state index contributed by atoms with van der Waals surface area (Å²) in [4.78, 5) is 0. The van der Waals surface area contributed by atoms with Gasteiger partial charge in [-0.15, -0.1) is 24.8 Å². The normalized spacial score (nSPS) is 20.0. The number of allylic oxidation sites excluding steroid dienone is 3. The molecule has 0 bridgehead atoms. The van der Waals surface area contributed by atoms with Crippen molar-refractivity contribution in [2.24, 2.45) is 0 Å². The molecule has 0 aromatic heterocycles. The van der Waals surface area contributed by atoms with E-state index in [0.717, 1.165) is 11.4 Å². The standard InChI is InChI=1S/C18H26NOSi.2ClH.Ti/c1-12-13(2)17(18(4,14(12)3)21(6)7)19-15-10-8-9-11-16(15)20-5;;;/h8-11,21H,1-7H3;2*1H;/q-1;;;+1. The minimum Gasteiger partial charge on any atom is -0.147 e. The van der Waals surface area contributed by atoms with Crippen molar-refractivity contribution in [3.63, 3.8) is 0 Å². The van der Waals surface area contributed by atoms with Gasteiger partial charge in [0, 0.05) is 0 Å². The van der Waals surface area contributed by atoms with Crippen molar-refractivity contribution in [1.29, 1.82) is 0 Å². The van der Waals surface area contributed by atoms with Gasteiger partial charge in [0.1, 0.15) is 0 Å². The van der Waals surface area contributed by atoms with Gasteiger partial charge in [0.25, 0.3) is 0 Å². The SMILES string of the molecule is COc1ccccc1[N]([Ti])C1=C(C)C(C)=C(C)C1(C)[SiH](C)C.Cl.Cl. The molecule has 133 valence electrons. The molecule has 1 aliphatic carbocycles. The Morgan fingerprint density at radius 3 is 2.08 bits per heavy atom. The van der Waals surface area contributed by atoms with E-state index in [1.807, 2.05) is 12.1 Å². The predicted octanol–water partition coefficient (Wildman–Crippen LogP) is 5.68.